The SMILES string of the molecule is CN(CCCCCO)CC1(CO)CCOCC1. The molecule has 0 aromatic carbocycles. The molecule has 0 saturated carbocycles. The lowest BCUT2D eigenvalue weighted by Crippen LogP contribution is -2.42. The molecule has 0 radical (unpaired) electrons. The minimum absolute atomic E-state index is 0.0456. The van der Waals surface area contributed by atoms with E-state index in [0.29, 0.717) is 6.61 Å². The van der Waals surface area contributed by atoms with Crippen LogP contribution in [-0.2, 0) is 4.74 Å². The van der Waals surface area contributed by atoms with Crippen LogP contribution in [0.15, 0.2) is 0 Å². The highest BCUT2D eigenvalue weighted by Gasteiger charge is 2.32. The first-order valence-electron chi connectivity index (χ1n) is 6.70. The van der Waals surface area contributed by atoms with Gasteiger partial charge < -0.3 is 19.8 Å². The molecule has 0 unspecified atom stereocenters. The number of hydrogen-bond donors (Lipinski definition) is 2. The minimum Gasteiger partial charge on any atom is -0.396 e. The van der Waals surface area contributed by atoms with Gasteiger partial charge >= 0.3 is 0 Å². The predicted octanol–water partition coefficient (Wildman–Crippen LogP) is 0.870. The first kappa shape index (κ1) is 14.9. The first-order chi connectivity index (χ1) is 8.22. The fourth-order valence-corrected chi connectivity index (χ4v) is 2.49. The Labute approximate surface area is 105 Å². The average molecular weight is 245 g/mol. The van der Waals surface area contributed by atoms with Crippen LogP contribution in [0.5, 0.6) is 0 Å². The number of rotatable bonds is 8. The molecule has 1 saturated heterocycles. The molecular formula is C13H27NO3. The maximum atomic E-state index is 9.58. The minimum atomic E-state index is 0.0456. The summed E-state index contributed by atoms with van der Waals surface area (Å²) in [6, 6.07) is 0. The van der Waals surface area contributed by atoms with E-state index in [0.717, 1.165) is 58.4 Å². The maximum Gasteiger partial charge on any atom is 0.0501 e. The quantitative estimate of drug-likeness (QED) is 0.623. The number of unbranched alkanes of at least 4 members (excludes halogenated alkanes) is 2. The second-order valence-corrected chi connectivity index (χ2v) is 5.29. The van der Waals surface area contributed by atoms with Crippen molar-refractivity contribution in [3.05, 3.63) is 0 Å². The van der Waals surface area contributed by atoms with Crippen LogP contribution in [0.2, 0.25) is 0 Å². The molecule has 1 rings (SSSR count). The molecule has 102 valence electrons. The Morgan fingerprint density at radius 1 is 1.12 bits per heavy atom. The summed E-state index contributed by atoms with van der Waals surface area (Å²) in [6.45, 7) is 4.10. The Morgan fingerprint density at radius 2 is 1.82 bits per heavy atom. The highest BCUT2D eigenvalue weighted by atomic mass is 16.5. The van der Waals surface area contributed by atoms with Crippen molar-refractivity contribution in [3.8, 4) is 0 Å². The molecule has 17 heavy (non-hydrogen) atoms. The molecule has 0 atom stereocenters. The van der Waals surface area contributed by atoms with Crippen molar-refractivity contribution < 1.29 is 14.9 Å². The van der Waals surface area contributed by atoms with E-state index in [9.17, 15) is 5.11 Å². The first-order valence-corrected chi connectivity index (χ1v) is 6.70. The van der Waals surface area contributed by atoms with Crippen LogP contribution in [0.4, 0.5) is 0 Å². The standard InChI is InChI=1S/C13H27NO3/c1-14(7-3-2-4-8-15)11-13(12-16)5-9-17-10-6-13/h15-16H,2-12H2,1H3. The molecule has 1 aliphatic heterocycles. The van der Waals surface area contributed by atoms with Crippen LogP contribution < -0.4 is 0 Å². The topological polar surface area (TPSA) is 52.9 Å². The summed E-state index contributed by atoms with van der Waals surface area (Å²) < 4.78 is 5.36. The summed E-state index contributed by atoms with van der Waals surface area (Å²) in [7, 11) is 2.12. The zero-order valence-electron chi connectivity index (χ0n) is 11.0. The van der Waals surface area contributed by atoms with Gasteiger partial charge in [-0.15, -0.1) is 0 Å². The third kappa shape index (κ3) is 5.34. The van der Waals surface area contributed by atoms with Gasteiger partial charge in [0.2, 0.25) is 0 Å². The van der Waals surface area contributed by atoms with Gasteiger partial charge in [0.05, 0.1) is 6.61 Å². The van der Waals surface area contributed by atoms with Gasteiger partial charge in [0.15, 0.2) is 0 Å². The summed E-state index contributed by atoms with van der Waals surface area (Å²) in [5.41, 5.74) is 0.0456. The third-order valence-electron chi connectivity index (χ3n) is 3.69. The van der Waals surface area contributed by atoms with Gasteiger partial charge in [0, 0.05) is 31.8 Å². The molecule has 0 aromatic rings. The molecule has 0 spiro atoms. The lowest BCUT2D eigenvalue weighted by Gasteiger charge is -2.38. The van der Waals surface area contributed by atoms with E-state index in [1.807, 2.05) is 0 Å². The van der Waals surface area contributed by atoms with Gasteiger partial charge in [-0.3, -0.25) is 0 Å². The summed E-state index contributed by atoms with van der Waals surface area (Å²) in [5, 5.41) is 18.3. The lowest BCUT2D eigenvalue weighted by atomic mass is 9.80. The van der Waals surface area contributed by atoms with E-state index in [2.05, 4.69) is 11.9 Å². The Kier molecular flexibility index (Phi) is 7.04. The molecular weight excluding hydrogens is 218 g/mol. The Bertz CT molecular complexity index is 193. The zero-order chi connectivity index (χ0) is 12.6. The normalized spacial score (nSPS) is 19.8. The zero-order valence-corrected chi connectivity index (χ0v) is 11.0. The van der Waals surface area contributed by atoms with E-state index < -0.39 is 0 Å². The number of aliphatic hydroxyl groups excluding tert-OH is 2. The monoisotopic (exact) mass is 245 g/mol. The number of aliphatic hydroxyl groups is 2. The van der Waals surface area contributed by atoms with E-state index in [-0.39, 0.29) is 12.0 Å². The van der Waals surface area contributed by atoms with Gasteiger partial charge in [0.1, 0.15) is 0 Å². The summed E-state index contributed by atoms with van der Waals surface area (Å²) >= 11 is 0. The van der Waals surface area contributed by atoms with Crippen molar-refractivity contribution >= 4 is 0 Å². The largest absolute Gasteiger partial charge is 0.396 e. The summed E-state index contributed by atoms with van der Waals surface area (Å²) in [4.78, 5) is 2.30. The fourth-order valence-electron chi connectivity index (χ4n) is 2.49. The van der Waals surface area contributed by atoms with Crippen molar-refractivity contribution in [2.75, 3.05) is 46.6 Å². The Balaban J connectivity index is 2.24. The van der Waals surface area contributed by atoms with Gasteiger partial charge in [-0.1, -0.05) is 0 Å². The van der Waals surface area contributed by atoms with E-state index in [1.54, 1.807) is 0 Å². The van der Waals surface area contributed by atoms with E-state index >= 15 is 0 Å². The van der Waals surface area contributed by atoms with E-state index in [4.69, 9.17) is 9.84 Å². The van der Waals surface area contributed by atoms with Crippen molar-refractivity contribution in [1.29, 1.82) is 0 Å². The average Bonchev–Trinajstić information content (AvgIpc) is 2.36. The van der Waals surface area contributed by atoms with Crippen LogP contribution in [0.1, 0.15) is 32.1 Å². The highest BCUT2D eigenvalue weighted by Crippen LogP contribution is 2.30. The molecule has 0 bridgehead atoms. The molecule has 4 heteroatoms. The predicted molar refractivity (Wildman–Crippen MR) is 68.0 cm³/mol. The third-order valence-corrected chi connectivity index (χ3v) is 3.69. The Morgan fingerprint density at radius 3 is 2.41 bits per heavy atom. The number of hydrogen-bond acceptors (Lipinski definition) is 4. The molecule has 1 heterocycles. The number of ether oxygens (including phenoxy) is 1. The number of nitrogens with zero attached hydrogens (tertiary/aromatic N) is 1. The molecule has 1 aliphatic rings. The van der Waals surface area contributed by atoms with Crippen molar-refractivity contribution in [2.24, 2.45) is 5.41 Å². The van der Waals surface area contributed by atoms with Crippen LogP contribution in [0.3, 0.4) is 0 Å². The fraction of sp³-hybridized carbons (Fsp3) is 1.00. The smallest absolute Gasteiger partial charge is 0.0501 e. The van der Waals surface area contributed by atoms with Crippen LogP contribution in [-0.4, -0.2) is 61.7 Å². The second kappa shape index (κ2) is 8.03. The van der Waals surface area contributed by atoms with Crippen LogP contribution in [0, 0.1) is 5.41 Å². The summed E-state index contributed by atoms with van der Waals surface area (Å²) in [5.74, 6) is 0. The van der Waals surface area contributed by atoms with Gasteiger partial charge in [-0.25, -0.2) is 0 Å². The lowest BCUT2D eigenvalue weighted by molar-refractivity contribution is -0.0309. The molecule has 2 N–H and O–H groups in total. The van der Waals surface area contributed by atoms with Gasteiger partial charge in [-0.2, -0.15) is 0 Å². The molecule has 0 aromatic heterocycles. The molecule has 1 fully saturated rings. The van der Waals surface area contributed by atoms with Gasteiger partial charge in [0.25, 0.3) is 0 Å². The van der Waals surface area contributed by atoms with Crippen LogP contribution in [0.25, 0.3) is 0 Å². The van der Waals surface area contributed by atoms with Crippen molar-refractivity contribution in [2.45, 2.75) is 32.1 Å². The molecule has 4 nitrogen and oxygen atoms in total. The van der Waals surface area contributed by atoms with Crippen molar-refractivity contribution in [1.82, 2.24) is 4.90 Å². The highest BCUT2D eigenvalue weighted by molar-refractivity contribution is 4.83. The Hall–Kier alpha value is -0.160. The molecule has 0 amide bonds. The van der Waals surface area contributed by atoms with Gasteiger partial charge in [-0.05, 0) is 45.7 Å². The maximum absolute atomic E-state index is 9.58. The van der Waals surface area contributed by atoms with E-state index in [1.165, 1.54) is 0 Å². The summed E-state index contributed by atoms with van der Waals surface area (Å²) in [6.07, 6.45) is 5.02. The molecule has 0 aliphatic carbocycles. The second-order valence-electron chi connectivity index (χ2n) is 5.29. The van der Waals surface area contributed by atoms with Crippen molar-refractivity contribution in [3.63, 3.8) is 0 Å². The van der Waals surface area contributed by atoms with Crippen LogP contribution >= 0.6 is 0 Å².